The number of rotatable bonds is 8. The lowest BCUT2D eigenvalue weighted by Crippen LogP contribution is -2.24. The third-order valence-electron chi connectivity index (χ3n) is 5.69. The van der Waals surface area contributed by atoms with Crippen molar-refractivity contribution in [2.24, 2.45) is 0 Å². The van der Waals surface area contributed by atoms with Gasteiger partial charge in [0, 0.05) is 50.7 Å². The predicted molar refractivity (Wildman–Crippen MR) is 121 cm³/mol. The molecule has 0 saturated carbocycles. The van der Waals surface area contributed by atoms with E-state index in [1.165, 1.54) is 22.3 Å². The number of carbonyl (C=O) groups is 1. The molecule has 0 aliphatic carbocycles. The number of pyridine rings is 1. The summed E-state index contributed by atoms with van der Waals surface area (Å²) in [7, 11) is 0. The first kappa shape index (κ1) is 20.3. The van der Waals surface area contributed by atoms with E-state index in [4.69, 9.17) is 0 Å². The number of anilines is 1. The Labute approximate surface area is 179 Å². The first-order valence-corrected chi connectivity index (χ1v) is 10.8. The van der Waals surface area contributed by atoms with Crippen LogP contribution in [0.2, 0.25) is 0 Å². The van der Waals surface area contributed by atoms with Gasteiger partial charge in [0.1, 0.15) is 0 Å². The molecule has 1 fully saturated rings. The maximum Gasteiger partial charge on any atom is 0.227 e. The smallest absolute Gasteiger partial charge is 0.227 e. The van der Waals surface area contributed by atoms with Crippen LogP contribution < -0.4 is 4.90 Å². The monoisotopic (exact) mass is 399 g/mol. The number of hydrogen-bond donors (Lipinski definition) is 0. The highest BCUT2D eigenvalue weighted by molar-refractivity contribution is 5.95. The summed E-state index contributed by atoms with van der Waals surface area (Å²) in [5, 5.41) is 0. The molecule has 4 rings (SSSR count). The van der Waals surface area contributed by atoms with Gasteiger partial charge < -0.3 is 4.90 Å². The van der Waals surface area contributed by atoms with Gasteiger partial charge in [0.25, 0.3) is 0 Å². The van der Waals surface area contributed by atoms with Gasteiger partial charge >= 0.3 is 0 Å². The number of hydrogen-bond acceptors (Lipinski definition) is 3. The third kappa shape index (κ3) is 5.14. The second-order valence-corrected chi connectivity index (χ2v) is 7.99. The van der Waals surface area contributed by atoms with Gasteiger partial charge in [0.2, 0.25) is 5.91 Å². The Bertz CT molecular complexity index is 952. The molecule has 0 bridgehead atoms. The van der Waals surface area contributed by atoms with Gasteiger partial charge in [-0.1, -0.05) is 49.4 Å². The number of nitrogens with zero attached hydrogens (tertiary/aromatic N) is 3. The Morgan fingerprint density at radius 1 is 0.867 bits per heavy atom. The normalized spacial score (nSPS) is 13.9. The molecule has 2 aromatic carbocycles. The number of carbonyl (C=O) groups excluding carboxylic acids is 1. The largest absolute Gasteiger partial charge is 0.312 e. The molecule has 4 heteroatoms. The van der Waals surface area contributed by atoms with Crippen molar-refractivity contribution in [1.82, 2.24) is 9.88 Å². The van der Waals surface area contributed by atoms with E-state index < -0.39 is 0 Å². The fourth-order valence-electron chi connectivity index (χ4n) is 4.02. The standard InChI is InChI=1S/C26H29N3O/c1-2-21-7-9-22(10-8-21)18-28(20-24-5-3-15-27-17-24)19-23-11-13-25(14-12-23)29-16-4-6-26(29)30/h3,5,7-15,17H,2,4,6,16,18-20H2,1H3. The quantitative estimate of drug-likeness (QED) is 0.536. The molecule has 0 radical (unpaired) electrons. The van der Waals surface area contributed by atoms with Crippen LogP contribution >= 0.6 is 0 Å². The Hall–Kier alpha value is -2.98. The Kier molecular flexibility index (Phi) is 6.55. The van der Waals surface area contributed by atoms with Gasteiger partial charge in [0.15, 0.2) is 0 Å². The Balaban J connectivity index is 1.49. The lowest BCUT2D eigenvalue weighted by Gasteiger charge is -2.23. The number of aromatic nitrogens is 1. The average Bonchev–Trinajstić information content (AvgIpc) is 3.21. The van der Waals surface area contributed by atoms with Crippen LogP contribution in [0.4, 0.5) is 5.69 Å². The molecule has 1 amide bonds. The second-order valence-electron chi connectivity index (χ2n) is 7.99. The van der Waals surface area contributed by atoms with Gasteiger partial charge in [-0.05, 0) is 53.3 Å². The highest BCUT2D eigenvalue weighted by Crippen LogP contribution is 2.23. The van der Waals surface area contributed by atoms with Gasteiger partial charge in [0.05, 0.1) is 0 Å². The summed E-state index contributed by atoms with van der Waals surface area (Å²) in [6.45, 7) is 5.59. The van der Waals surface area contributed by atoms with Crippen LogP contribution in [0.15, 0.2) is 73.1 Å². The topological polar surface area (TPSA) is 36.4 Å². The molecular formula is C26H29N3O. The molecule has 1 aliphatic rings. The van der Waals surface area contributed by atoms with E-state index in [-0.39, 0.29) is 5.91 Å². The molecule has 0 N–H and O–H groups in total. The van der Waals surface area contributed by atoms with Crippen LogP contribution in [0.5, 0.6) is 0 Å². The van der Waals surface area contributed by atoms with E-state index in [1.807, 2.05) is 23.4 Å². The zero-order chi connectivity index (χ0) is 20.8. The number of aryl methyl sites for hydroxylation is 1. The summed E-state index contributed by atoms with van der Waals surface area (Å²) in [5.74, 6) is 0.233. The maximum absolute atomic E-state index is 12.0. The molecule has 4 nitrogen and oxygen atoms in total. The SMILES string of the molecule is CCc1ccc(CN(Cc2ccc(N3CCCC3=O)cc2)Cc2cccnc2)cc1. The van der Waals surface area contributed by atoms with Gasteiger partial charge in [-0.2, -0.15) is 0 Å². The zero-order valence-electron chi connectivity index (χ0n) is 17.6. The molecule has 0 atom stereocenters. The summed E-state index contributed by atoms with van der Waals surface area (Å²) >= 11 is 0. The van der Waals surface area contributed by atoms with Crippen molar-refractivity contribution >= 4 is 11.6 Å². The number of benzene rings is 2. The van der Waals surface area contributed by atoms with Crippen molar-refractivity contribution in [2.45, 2.75) is 45.8 Å². The van der Waals surface area contributed by atoms with Crippen molar-refractivity contribution in [3.8, 4) is 0 Å². The van der Waals surface area contributed by atoms with E-state index in [9.17, 15) is 4.79 Å². The van der Waals surface area contributed by atoms with Gasteiger partial charge in [-0.3, -0.25) is 14.7 Å². The van der Waals surface area contributed by atoms with Gasteiger partial charge in [-0.25, -0.2) is 0 Å². The Morgan fingerprint density at radius 3 is 2.07 bits per heavy atom. The molecule has 2 heterocycles. The highest BCUT2D eigenvalue weighted by Gasteiger charge is 2.21. The molecule has 154 valence electrons. The maximum atomic E-state index is 12.0. The summed E-state index contributed by atoms with van der Waals surface area (Å²) < 4.78 is 0. The lowest BCUT2D eigenvalue weighted by atomic mass is 10.1. The van der Waals surface area contributed by atoms with E-state index in [0.717, 1.165) is 44.7 Å². The van der Waals surface area contributed by atoms with Gasteiger partial charge in [-0.15, -0.1) is 0 Å². The van der Waals surface area contributed by atoms with E-state index >= 15 is 0 Å². The fraction of sp³-hybridized carbons (Fsp3) is 0.308. The molecule has 1 saturated heterocycles. The van der Waals surface area contributed by atoms with Crippen molar-refractivity contribution in [3.63, 3.8) is 0 Å². The third-order valence-corrected chi connectivity index (χ3v) is 5.69. The minimum atomic E-state index is 0.233. The molecular weight excluding hydrogens is 370 g/mol. The first-order chi connectivity index (χ1) is 14.7. The van der Waals surface area contributed by atoms with Crippen molar-refractivity contribution in [1.29, 1.82) is 0 Å². The lowest BCUT2D eigenvalue weighted by molar-refractivity contribution is -0.117. The van der Waals surface area contributed by atoms with E-state index in [1.54, 1.807) is 0 Å². The fourth-order valence-corrected chi connectivity index (χ4v) is 4.02. The minimum absolute atomic E-state index is 0.233. The van der Waals surface area contributed by atoms with E-state index in [2.05, 4.69) is 71.4 Å². The van der Waals surface area contributed by atoms with Crippen LogP contribution in [-0.2, 0) is 30.8 Å². The van der Waals surface area contributed by atoms with Crippen LogP contribution in [0.25, 0.3) is 0 Å². The minimum Gasteiger partial charge on any atom is -0.312 e. The second kappa shape index (κ2) is 9.68. The molecule has 1 aliphatic heterocycles. The highest BCUT2D eigenvalue weighted by atomic mass is 16.2. The van der Waals surface area contributed by atoms with Crippen LogP contribution in [0.1, 0.15) is 42.0 Å². The number of amides is 1. The summed E-state index contributed by atoms with van der Waals surface area (Å²) in [6, 6.07) is 21.5. The van der Waals surface area contributed by atoms with E-state index in [0.29, 0.717) is 6.42 Å². The Morgan fingerprint density at radius 2 is 1.50 bits per heavy atom. The average molecular weight is 400 g/mol. The van der Waals surface area contributed by atoms with Crippen LogP contribution in [0.3, 0.4) is 0 Å². The summed E-state index contributed by atoms with van der Waals surface area (Å²) in [5.41, 5.74) is 6.15. The predicted octanol–water partition coefficient (Wildman–Crippen LogP) is 4.97. The summed E-state index contributed by atoms with van der Waals surface area (Å²) in [6.07, 6.45) is 6.43. The molecule has 3 aromatic rings. The zero-order valence-corrected chi connectivity index (χ0v) is 17.6. The van der Waals surface area contributed by atoms with Crippen molar-refractivity contribution < 1.29 is 4.79 Å². The van der Waals surface area contributed by atoms with Crippen molar-refractivity contribution in [3.05, 3.63) is 95.3 Å². The van der Waals surface area contributed by atoms with Crippen LogP contribution in [0, 0.1) is 0 Å². The van der Waals surface area contributed by atoms with Crippen LogP contribution in [-0.4, -0.2) is 22.3 Å². The van der Waals surface area contributed by atoms with Crippen molar-refractivity contribution in [2.75, 3.05) is 11.4 Å². The molecule has 0 unspecified atom stereocenters. The molecule has 0 spiro atoms. The first-order valence-electron chi connectivity index (χ1n) is 10.8. The summed E-state index contributed by atoms with van der Waals surface area (Å²) in [4.78, 5) is 20.6. The molecule has 1 aromatic heterocycles. The molecule has 30 heavy (non-hydrogen) atoms.